The van der Waals surface area contributed by atoms with Gasteiger partial charge in [0, 0.05) is 25.1 Å². The molecule has 0 radical (unpaired) electrons. The Morgan fingerprint density at radius 1 is 1.29 bits per heavy atom. The second-order valence-corrected chi connectivity index (χ2v) is 6.92. The number of sulfonamides is 1. The molecule has 0 unspecified atom stereocenters. The highest BCUT2D eigenvalue weighted by Crippen LogP contribution is 2.36. The molecule has 2 heterocycles. The van der Waals surface area contributed by atoms with Crippen molar-refractivity contribution >= 4 is 10.0 Å². The van der Waals surface area contributed by atoms with E-state index in [1.807, 2.05) is 0 Å². The molecule has 1 aromatic heterocycles. The zero-order valence-electron chi connectivity index (χ0n) is 11.4. The van der Waals surface area contributed by atoms with Crippen molar-refractivity contribution in [3.8, 4) is 0 Å². The van der Waals surface area contributed by atoms with E-state index in [-0.39, 0.29) is 6.04 Å². The maximum absolute atomic E-state index is 13.6. The van der Waals surface area contributed by atoms with Gasteiger partial charge in [-0.1, -0.05) is 0 Å². The van der Waals surface area contributed by atoms with Crippen molar-refractivity contribution in [2.45, 2.75) is 42.5 Å². The Morgan fingerprint density at radius 2 is 1.95 bits per heavy atom. The van der Waals surface area contributed by atoms with Gasteiger partial charge < -0.3 is 9.47 Å². The Balaban J connectivity index is 1.66. The van der Waals surface area contributed by atoms with Crippen LogP contribution >= 0.6 is 0 Å². The molecule has 0 atom stereocenters. The number of aromatic nitrogens is 1. The molecule has 1 saturated heterocycles. The van der Waals surface area contributed by atoms with E-state index < -0.39 is 26.7 Å². The van der Waals surface area contributed by atoms with Gasteiger partial charge in [0.2, 0.25) is 5.03 Å². The Morgan fingerprint density at radius 3 is 2.57 bits per heavy atom. The number of rotatable bonds is 3. The molecule has 8 heteroatoms. The molecule has 1 spiro atoms. The lowest BCUT2D eigenvalue weighted by atomic mass is 9.91. The summed E-state index contributed by atoms with van der Waals surface area (Å²) in [5, 5.41) is -0.557. The summed E-state index contributed by atoms with van der Waals surface area (Å²) in [6, 6.07) is 2.18. The van der Waals surface area contributed by atoms with E-state index >= 15 is 0 Å². The molecule has 3 rings (SSSR count). The first-order chi connectivity index (χ1) is 10.0. The van der Waals surface area contributed by atoms with Crippen molar-refractivity contribution in [1.82, 2.24) is 9.71 Å². The summed E-state index contributed by atoms with van der Waals surface area (Å²) >= 11 is 0. The molecule has 1 aromatic rings. The summed E-state index contributed by atoms with van der Waals surface area (Å²) in [5.41, 5.74) is 0. The first-order valence-corrected chi connectivity index (χ1v) is 8.40. The van der Waals surface area contributed by atoms with Gasteiger partial charge in [-0.2, -0.15) is 0 Å². The van der Waals surface area contributed by atoms with E-state index in [9.17, 15) is 12.8 Å². The molecule has 2 fully saturated rings. The lowest BCUT2D eigenvalue weighted by Gasteiger charge is -2.35. The molecule has 2 aliphatic rings. The van der Waals surface area contributed by atoms with E-state index in [1.165, 1.54) is 12.3 Å². The highest BCUT2D eigenvalue weighted by atomic mass is 32.2. The number of nitrogens with zero attached hydrogens (tertiary/aromatic N) is 1. The van der Waals surface area contributed by atoms with Crippen molar-refractivity contribution in [2.75, 3.05) is 13.2 Å². The minimum absolute atomic E-state index is 0.255. The average molecular weight is 316 g/mol. The summed E-state index contributed by atoms with van der Waals surface area (Å²) in [5.74, 6) is -1.39. The van der Waals surface area contributed by atoms with Crippen LogP contribution in [0.5, 0.6) is 0 Å². The van der Waals surface area contributed by atoms with Crippen LogP contribution in [0.1, 0.15) is 25.7 Å². The molecule has 1 aliphatic carbocycles. The number of pyridine rings is 1. The molecule has 1 aliphatic heterocycles. The molecule has 0 aromatic carbocycles. The quantitative estimate of drug-likeness (QED) is 0.906. The summed E-state index contributed by atoms with van der Waals surface area (Å²) in [6.07, 6.45) is 3.70. The molecular weight excluding hydrogens is 299 g/mol. The standard InChI is InChI=1S/C13H17FN2O4S/c14-11-2-1-7-15-12(11)21(17,18)16-10-3-5-13(6-4-10)19-8-9-20-13/h1-2,7,10,16H,3-6,8-9H2. The third-order valence-electron chi connectivity index (χ3n) is 3.86. The van der Waals surface area contributed by atoms with Gasteiger partial charge in [-0.25, -0.2) is 22.5 Å². The Hall–Kier alpha value is -1.09. The summed E-state index contributed by atoms with van der Waals surface area (Å²) in [7, 11) is -3.94. The van der Waals surface area contributed by atoms with E-state index in [0.29, 0.717) is 38.9 Å². The van der Waals surface area contributed by atoms with Crippen molar-refractivity contribution < 1.29 is 22.3 Å². The van der Waals surface area contributed by atoms with Crippen LogP contribution in [0.2, 0.25) is 0 Å². The predicted octanol–water partition coefficient (Wildman–Crippen LogP) is 1.18. The summed E-state index contributed by atoms with van der Waals surface area (Å²) in [6.45, 7) is 1.16. The fraction of sp³-hybridized carbons (Fsp3) is 0.615. The zero-order valence-corrected chi connectivity index (χ0v) is 12.2. The van der Waals surface area contributed by atoms with Crippen LogP contribution < -0.4 is 4.72 Å². The summed E-state index contributed by atoms with van der Waals surface area (Å²) < 4.78 is 51.6. The van der Waals surface area contributed by atoms with Crippen molar-refractivity contribution in [1.29, 1.82) is 0 Å². The normalized spacial score (nSPS) is 22.7. The van der Waals surface area contributed by atoms with E-state index in [0.717, 1.165) is 6.07 Å². The van der Waals surface area contributed by atoms with E-state index in [4.69, 9.17) is 9.47 Å². The third-order valence-corrected chi connectivity index (χ3v) is 5.32. The molecule has 6 nitrogen and oxygen atoms in total. The van der Waals surface area contributed by atoms with Crippen LogP contribution in [0.3, 0.4) is 0 Å². The number of hydrogen-bond donors (Lipinski definition) is 1. The predicted molar refractivity (Wildman–Crippen MR) is 71.4 cm³/mol. The fourth-order valence-electron chi connectivity index (χ4n) is 2.81. The SMILES string of the molecule is O=S(=O)(NC1CCC2(CC1)OCCO2)c1ncccc1F. The zero-order chi connectivity index (χ0) is 14.9. The number of nitrogens with one attached hydrogen (secondary N) is 1. The monoisotopic (exact) mass is 316 g/mol. The maximum Gasteiger partial charge on any atom is 0.261 e. The van der Waals surface area contributed by atoms with E-state index in [1.54, 1.807) is 0 Å². The molecule has 0 amide bonds. The summed E-state index contributed by atoms with van der Waals surface area (Å²) in [4.78, 5) is 3.61. The average Bonchev–Trinajstić information content (AvgIpc) is 2.90. The number of halogens is 1. The Bertz CT molecular complexity index is 606. The number of hydrogen-bond acceptors (Lipinski definition) is 5. The van der Waals surface area contributed by atoms with Gasteiger partial charge in [0.05, 0.1) is 13.2 Å². The van der Waals surface area contributed by atoms with Gasteiger partial charge >= 0.3 is 0 Å². The Labute approximate surface area is 122 Å². The molecule has 1 N–H and O–H groups in total. The van der Waals surface area contributed by atoms with Crippen molar-refractivity contribution in [2.24, 2.45) is 0 Å². The fourth-order valence-corrected chi connectivity index (χ4v) is 4.12. The highest BCUT2D eigenvalue weighted by molar-refractivity contribution is 7.89. The first kappa shape index (κ1) is 14.8. The third kappa shape index (κ3) is 3.08. The smallest absolute Gasteiger partial charge is 0.261 e. The van der Waals surface area contributed by atoms with Crippen LogP contribution in [0, 0.1) is 5.82 Å². The van der Waals surface area contributed by atoms with Gasteiger partial charge in [-0.3, -0.25) is 0 Å². The van der Waals surface area contributed by atoms with Crippen LogP contribution in [0.4, 0.5) is 4.39 Å². The van der Waals surface area contributed by atoms with E-state index in [2.05, 4.69) is 9.71 Å². The van der Waals surface area contributed by atoms with Crippen LogP contribution in [0.25, 0.3) is 0 Å². The van der Waals surface area contributed by atoms with Gasteiger partial charge in [-0.15, -0.1) is 0 Å². The first-order valence-electron chi connectivity index (χ1n) is 6.92. The highest BCUT2D eigenvalue weighted by Gasteiger charge is 2.41. The van der Waals surface area contributed by atoms with Crippen LogP contribution in [0.15, 0.2) is 23.4 Å². The van der Waals surface area contributed by atoms with Gasteiger partial charge in [0.15, 0.2) is 11.6 Å². The van der Waals surface area contributed by atoms with Crippen molar-refractivity contribution in [3.63, 3.8) is 0 Å². The minimum Gasteiger partial charge on any atom is -0.348 e. The second-order valence-electron chi connectivity index (χ2n) is 5.29. The minimum atomic E-state index is -3.94. The Kier molecular flexibility index (Phi) is 3.96. The van der Waals surface area contributed by atoms with Crippen molar-refractivity contribution in [3.05, 3.63) is 24.1 Å². The van der Waals surface area contributed by atoms with Crippen LogP contribution in [-0.4, -0.2) is 38.4 Å². The molecular formula is C13H17FN2O4S. The van der Waals surface area contributed by atoms with Crippen LogP contribution in [-0.2, 0) is 19.5 Å². The maximum atomic E-state index is 13.6. The largest absolute Gasteiger partial charge is 0.348 e. The second kappa shape index (κ2) is 5.60. The molecule has 0 bridgehead atoms. The molecule has 1 saturated carbocycles. The number of ether oxygens (including phenoxy) is 2. The van der Waals surface area contributed by atoms with Gasteiger partial charge in [0.1, 0.15) is 0 Å². The molecule has 116 valence electrons. The molecule has 21 heavy (non-hydrogen) atoms. The lowest BCUT2D eigenvalue weighted by molar-refractivity contribution is -0.178. The van der Waals surface area contributed by atoms with Gasteiger partial charge in [0.25, 0.3) is 10.0 Å². The lowest BCUT2D eigenvalue weighted by Crippen LogP contribution is -2.44. The topological polar surface area (TPSA) is 77.5 Å². The van der Waals surface area contributed by atoms with Gasteiger partial charge in [-0.05, 0) is 25.0 Å².